The van der Waals surface area contributed by atoms with Crippen molar-refractivity contribution in [2.45, 2.75) is 20.3 Å². The van der Waals surface area contributed by atoms with Crippen LogP contribution in [0.25, 0.3) is 6.08 Å². The Hall–Kier alpha value is -2.60. The second-order valence-electron chi connectivity index (χ2n) is 4.91. The molecular weight excluding hydrogens is 260 g/mol. The lowest BCUT2D eigenvalue weighted by Crippen LogP contribution is -1.95. The number of allylic oxidation sites excluding steroid dienone is 3. The summed E-state index contributed by atoms with van der Waals surface area (Å²) in [6.45, 7) is 7.55. The Bertz CT molecular complexity index is 715. The third-order valence-corrected chi connectivity index (χ3v) is 3.40. The van der Waals surface area contributed by atoms with E-state index in [1.54, 1.807) is 13.3 Å². The minimum atomic E-state index is 0.541. The summed E-state index contributed by atoms with van der Waals surface area (Å²) in [4.78, 5) is 4.40. The van der Waals surface area contributed by atoms with Gasteiger partial charge in [0, 0.05) is 12.6 Å². The molecule has 0 aliphatic heterocycles. The van der Waals surface area contributed by atoms with Crippen molar-refractivity contribution in [1.82, 2.24) is 0 Å². The number of nitriles is 1. The lowest BCUT2D eigenvalue weighted by molar-refractivity contribution is 0.414. The molecule has 0 radical (unpaired) electrons. The molecule has 2 rings (SSSR count). The Labute approximate surface area is 125 Å². The van der Waals surface area contributed by atoms with Gasteiger partial charge in [-0.25, -0.2) is 0 Å². The third-order valence-electron chi connectivity index (χ3n) is 3.40. The zero-order valence-corrected chi connectivity index (χ0v) is 12.6. The quantitative estimate of drug-likeness (QED) is 0.473. The Morgan fingerprint density at radius 1 is 1.48 bits per heavy atom. The number of rotatable bonds is 4. The van der Waals surface area contributed by atoms with Gasteiger partial charge in [-0.1, -0.05) is 12.6 Å². The van der Waals surface area contributed by atoms with Crippen molar-refractivity contribution in [3.63, 3.8) is 0 Å². The first-order valence-electron chi connectivity index (χ1n) is 6.77. The van der Waals surface area contributed by atoms with Crippen LogP contribution in [0.4, 0.5) is 0 Å². The summed E-state index contributed by atoms with van der Waals surface area (Å²) in [7, 11) is 1.66. The van der Waals surface area contributed by atoms with Gasteiger partial charge in [-0.05, 0) is 54.3 Å². The fraction of sp³-hybridized carbons (Fsp3) is 0.222. The minimum absolute atomic E-state index is 0.541. The topological polar surface area (TPSA) is 45.4 Å². The summed E-state index contributed by atoms with van der Waals surface area (Å²) in [6.07, 6.45) is 4.55. The number of hydrogen-bond acceptors (Lipinski definition) is 3. The SMILES string of the molecule is C=C(C)/C(C#N)=C(\N=CC)C1=Cc2cc(OC)ccc2C1. The number of benzene rings is 1. The van der Waals surface area contributed by atoms with Crippen LogP contribution in [0.15, 0.2) is 52.2 Å². The molecule has 1 aromatic carbocycles. The molecule has 0 aromatic heterocycles. The fourth-order valence-electron chi connectivity index (χ4n) is 2.38. The third kappa shape index (κ3) is 2.95. The molecule has 0 unspecified atom stereocenters. The smallest absolute Gasteiger partial charge is 0.119 e. The van der Waals surface area contributed by atoms with Crippen LogP contribution in [0.1, 0.15) is 25.0 Å². The molecule has 0 atom stereocenters. The maximum Gasteiger partial charge on any atom is 0.119 e. The molecule has 1 aliphatic carbocycles. The minimum Gasteiger partial charge on any atom is -0.497 e. The van der Waals surface area contributed by atoms with E-state index < -0.39 is 0 Å². The van der Waals surface area contributed by atoms with Crippen LogP contribution in [0.2, 0.25) is 0 Å². The van der Waals surface area contributed by atoms with Gasteiger partial charge in [0.05, 0.1) is 18.4 Å². The number of hydrogen-bond donors (Lipinski definition) is 0. The van der Waals surface area contributed by atoms with E-state index in [1.165, 1.54) is 5.56 Å². The van der Waals surface area contributed by atoms with Crippen LogP contribution in [0.5, 0.6) is 5.75 Å². The van der Waals surface area contributed by atoms with E-state index in [4.69, 9.17) is 4.74 Å². The molecule has 0 amide bonds. The van der Waals surface area contributed by atoms with Gasteiger partial charge >= 0.3 is 0 Å². The van der Waals surface area contributed by atoms with E-state index >= 15 is 0 Å². The molecule has 0 saturated carbocycles. The zero-order valence-electron chi connectivity index (χ0n) is 12.6. The summed E-state index contributed by atoms with van der Waals surface area (Å²) in [5.74, 6) is 0.830. The van der Waals surface area contributed by atoms with E-state index in [2.05, 4.69) is 29.8 Å². The normalized spacial score (nSPS) is 14.3. The second-order valence-corrected chi connectivity index (χ2v) is 4.91. The first-order valence-corrected chi connectivity index (χ1v) is 6.77. The Morgan fingerprint density at radius 3 is 2.81 bits per heavy atom. The van der Waals surface area contributed by atoms with Gasteiger partial charge in [0.25, 0.3) is 0 Å². The van der Waals surface area contributed by atoms with Crippen molar-refractivity contribution < 1.29 is 4.74 Å². The van der Waals surface area contributed by atoms with Crippen molar-refractivity contribution in [3.05, 3.63) is 58.3 Å². The highest BCUT2D eigenvalue weighted by Gasteiger charge is 2.19. The Morgan fingerprint density at radius 2 is 2.24 bits per heavy atom. The van der Waals surface area contributed by atoms with Gasteiger partial charge < -0.3 is 4.74 Å². The van der Waals surface area contributed by atoms with Crippen LogP contribution in [-0.2, 0) is 6.42 Å². The lowest BCUT2D eigenvalue weighted by Gasteiger charge is -2.07. The molecule has 0 fully saturated rings. The van der Waals surface area contributed by atoms with Crippen LogP contribution < -0.4 is 4.74 Å². The maximum absolute atomic E-state index is 9.36. The Kier molecular flexibility index (Phi) is 4.39. The molecule has 106 valence electrons. The number of methoxy groups -OCH3 is 1. The van der Waals surface area contributed by atoms with Crippen molar-refractivity contribution in [1.29, 1.82) is 5.26 Å². The zero-order chi connectivity index (χ0) is 15.4. The van der Waals surface area contributed by atoms with Crippen molar-refractivity contribution in [2.75, 3.05) is 7.11 Å². The van der Waals surface area contributed by atoms with Gasteiger partial charge in [0.2, 0.25) is 0 Å². The second kappa shape index (κ2) is 6.23. The van der Waals surface area contributed by atoms with E-state index in [9.17, 15) is 5.26 Å². The van der Waals surface area contributed by atoms with E-state index in [0.717, 1.165) is 28.9 Å². The van der Waals surface area contributed by atoms with E-state index in [0.29, 0.717) is 11.3 Å². The van der Waals surface area contributed by atoms with Crippen molar-refractivity contribution in [3.8, 4) is 11.8 Å². The largest absolute Gasteiger partial charge is 0.497 e. The molecule has 0 heterocycles. The number of aliphatic imine (C=N–C) groups is 1. The van der Waals surface area contributed by atoms with E-state index in [-0.39, 0.29) is 0 Å². The predicted molar refractivity (Wildman–Crippen MR) is 86.3 cm³/mol. The molecule has 1 aliphatic rings. The summed E-state index contributed by atoms with van der Waals surface area (Å²) in [5.41, 5.74) is 5.35. The molecule has 1 aromatic rings. The van der Waals surface area contributed by atoms with E-state index in [1.807, 2.05) is 26.0 Å². The first-order chi connectivity index (χ1) is 10.1. The maximum atomic E-state index is 9.36. The van der Waals surface area contributed by atoms with Crippen molar-refractivity contribution in [2.24, 2.45) is 4.99 Å². The van der Waals surface area contributed by atoms with Crippen LogP contribution >= 0.6 is 0 Å². The summed E-state index contributed by atoms with van der Waals surface area (Å²) in [5, 5.41) is 9.36. The highest BCUT2D eigenvalue weighted by atomic mass is 16.5. The van der Waals surface area contributed by atoms with Gasteiger partial charge in [-0.3, -0.25) is 4.99 Å². The summed E-state index contributed by atoms with van der Waals surface area (Å²) >= 11 is 0. The summed E-state index contributed by atoms with van der Waals surface area (Å²) < 4.78 is 5.25. The summed E-state index contributed by atoms with van der Waals surface area (Å²) in [6, 6.07) is 8.22. The molecule has 0 bridgehead atoms. The average Bonchev–Trinajstić information content (AvgIpc) is 2.89. The highest BCUT2D eigenvalue weighted by Crippen LogP contribution is 2.34. The molecule has 0 spiro atoms. The monoisotopic (exact) mass is 278 g/mol. The molecule has 21 heavy (non-hydrogen) atoms. The fourth-order valence-corrected chi connectivity index (χ4v) is 2.38. The van der Waals surface area contributed by atoms with Gasteiger partial charge in [0.1, 0.15) is 11.8 Å². The molecule has 0 saturated heterocycles. The molecular formula is C18H18N2O. The van der Waals surface area contributed by atoms with Crippen molar-refractivity contribution >= 4 is 12.3 Å². The van der Waals surface area contributed by atoms with Crippen LogP contribution in [0.3, 0.4) is 0 Å². The molecule has 3 nitrogen and oxygen atoms in total. The van der Waals surface area contributed by atoms with Crippen LogP contribution in [0, 0.1) is 11.3 Å². The van der Waals surface area contributed by atoms with Gasteiger partial charge in [0.15, 0.2) is 0 Å². The highest BCUT2D eigenvalue weighted by molar-refractivity contribution is 5.73. The molecule has 0 N–H and O–H groups in total. The standard InChI is InChI=1S/C18H18N2O/c1-5-20-18(17(11-19)12(2)3)15-8-13-6-7-16(21-4)10-14(13)9-15/h5-7,9-10H,2,8H2,1,3-4H3/b18-17-,20-5?. The number of ether oxygens (including phenoxy) is 1. The average molecular weight is 278 g/mol. The Balaban J connectivity index is 2.51. The van der Waals surface area contributed by atoms with Crippen LogP contribution in [-0.4, -0.2) is 13.3 Å². The first kappa shape index (κ1) is 14.8. The van der Waals surface area contributed by atoms with Gasteiger partial charge in [-0.15, -0.1) is 0 Å². The predicted octanol–water partition coefficient (Wildman–Crippen LogP) is 4.08. The number of nitrogens with zero attached hydrogens (tertiary/aromatic N) is 2. The molecule has 3 heteroatoms. The lowest BCUT2D eigenvalue weighted by atomic mass is 10.0. The number of fused-ring (bicyclic) bond motifs is 1. The van der Waals surface area contributed by atoms with Gasteiger partial charge in [-0.2, -0.15) is 5.26 Å².